The summed E-state index contributed by atoms with van der Waals surface area (Å²) in [5.74, 6) is -2.11. The molecule has 4 N–H and O–H groups in total. The molecule has 0 saturated carbocycles. The number of benzene rings is 1. The van der Waals surface area contributed by atoms with Crippen molar-refractivity contribution in [2.75, 3.05) is 32.9 Å². The van der Waals surface area contributed by atoms with Gasteiger partial charge in [0, 0.05) is 23.3 Å². The number of ether oxygens (including phenoxy) is 2. The molecule has 2 aliphatic rings. The van der Waals surface area contributed by atoms with Crippen LogP contribution in [-0.2, 0) is 19.1 Å². The number of carboxylic acid groups (broad SMARTS) is 1. The molecule has 1 aromatic carbocycles. The second kappa shape index (κ2) is 11.9. The van der Waals surface area contributed by atoms with E-state index < -0.39 is 29.8 Å². The average molecular weight is 570 g/mol. The third-order valence-corrected chi connectivity index (χ3v) is 6.62. The second-order valence-corrected chi connectivity index (χ2v) is 9.75. The van der Waals surface area contributed by atoms with Gasteiger partial charge < -0.3 is 19.9 Å². The minimum absolute atomic E-state index is 0.0100. The monoisotopic (exact) mass is 569 g/mol. The van der Waals surface area contributed by atoms with E-state index in [1.807, 2.05) is 0 Å². The number of carbonyl (C=O) groups excluding carboxylic acids is 1. The summed E-state index contributed by atoms with van der Waals surface area (Å²) in [5.41, 5.74) is 0.908. The van der Waals surface area contributed by atoms with Crippen LogP contribution in [0.15, 0.2) is 38.9 Å². The average Bonchev–Trinajstić information content (AvgIpc) is 2.78. The summed E-state index contributed by atoms with van der Waals surface area (Å²) in [5, 5.41) is 28.9. The topological polar surface area (TPSA) is 148 Å². The lowest BCUT2D eigenvalue weighted by atomic mass is 9.95. The quantitative estimate of drug-likeness (QED) is 0.222. The molecule has 0 spiro atoms. The predicted molar refractivity (Wildman–Crippen MR) is 134 cm³/mol. The van der Waals surface area contributed by atoms with Crippen LogP contribution >= 0.6 is 27.7 Å². The number of rotatable bonds is 7. The van der Waals surface area contributed by atoms with Crippen LogP contribution in [0.3, 0.4) is 0 Å². The molecular weight excluding hydrogens is 545 g/mol. The van der Waals surface area contributed by atoms with E-state index in [-0.39, 0.29) is 41.3 Å². The van der Waals surface area contributed by atoms with Crippen LogP contribution in [0.2, 0.25) is 0 Å². The van der Waals surface area contributed by atoms with Crippen LogP contribution in [0.25, 0.3) is 0 Å². The molecule has 0 radical (unpaired) electrons. The Bertz CT molecular complexity index is 1110. The predicted octanol–water partition coefficient (Wildman–Crippen LogP) is 2.94. The van der Waals surface area contributed by atoms with Gasteiger partial charge in [-0.25, -0.2) is 9.18 Å². The number of amidine groups is 1. The summed E-state index contributed by atoms with van der Waals surface area (Å²) < 4.78 is 24.8. The lowest BCUT2D eigenvalue weighted by molar-refractivity contribution is -0.149. The van der Waals surface area contributed by atoms with Crippen LogP contribution in [0.1, 0.15) is 25.5 Å². The number of nitrogens with zero attached hydrogens (tertiary/aromatic N) is 2. The van der Waals surface area contributed by atoms with E-state index in [0.29, 0.717) is 28.9 Å². The van der Waals surface area contributed by atoms with E-state index in [4.69, 9.17) is 20.3 Å². The highest BCUT2D eigenvalue weighted by Crippen LogP contribution is 2.37. The first-order valence-corrected chi connectivity index (χ1v) is 12.3. The summed E-state index contributed by atoms with van der Waals surface area (Å²) >= 11 is 4.21. The van der Waals surface area contributed by atoms with Crippen molar-refractivity contribution in [1.82, 2.24) is 10.2 Å². The summed E-state index contributed by atoms with van der Waals surface area (Å²) in [6, 6.07) is 2.08. The van der Waals surface area contributed by atoms with Gasteiger partial charge in [0.1, 0.15) is 22.9 Å². The maximum atomic E-state index is 13.8. The zero-order valence-corrected chi connectivity index (χ0v) is 21.5. The van der Waals surface area contributed by atoms with Crippen molar-refractivity contribution in [3.05, 3.63) is 45.3 Å². The third-order valence-electron chi connectivity index (χ3n) is 5.23. The summed E-state index contributed by atoms with van der Waals surface area (Å²) in [6.45, 7) is 3.92. The number of carbonyl (C=O) groups is 2. The molecule has 0 amide bonds. The Morgan fingerprint density at radius 2 is 2.17 bits per heavy atom. The molecule has 2 atom stereocenters. The van der Waals surface area contributed by atoms with E-state index in [9.17, 15) is 19.1 Å². The molecule has 0 aromatic heterocycles. The molecule has 35 heavy (non-hydrogen) atoms. The van der Waals surface area contributed by atoms with E-state index >= 15 is 0 Å². The zero-order chi connectivity index (χ0) is 25.7. The van der Waals surface area contributed by atoms with Gasteiger partial charge in [-0.15, -0.1) is 0 Å². The summed E-state index contributed by atoms with van der Waals surface area (Å²) in [7, 11) is 0. The minimum Gasteiger partial charge on any atom is -0.480 e. The fourth-order valence-electron chi connectivity index (χ4n) is 3.69. The van der Waals surface area contributed by atoms with Crippen LogP contribution < -0.4 is 5.32 Å². The highest BCUT2D eigenvalue weighted by molar-refractivity contribution is 9.10. The number of aliphatic carboxylic acids is 1. The van der Waals surface area contributed by atoms with Gasteiger partial charge in [0.15, 0.2) is 5.84 Å². The highest BCUT2D eigenvalue weighted by atomic mass is 79.9. The highest BCUT2D eigenvalue weighted by Gasteiger charge is 2.37. The Hall–Kier alpha value is -2.61. The van der Waals surface area contributed by atoms with E-state index in [0.717, 1.165) is 11.8 Å². The smallest absolute Gasteiger partial charge is 0.338 e. The number of halogens is 2. The first-order chi connectivity index (χ1) is 16.6. The normalized spacial score (nSPS) is 20.6. The van der Waals surface area contributed by atoms with Gasteiger partial charge in [-0.3, -0.25) is 25.5 Å². The van der Waals surface area contributed by atoms with Gasteiger partial charge in [0.25, 0.3) is 0 Å². The molecule has 2 heterocycles. The number of morpholine rings is 1. The lowest BCUT2D eigenvalue weighted by Gasteiger charge is -2.36. The molecule has 2 unspecified atom stereocenters. The standard InChI is InChI=1S/C22H25BrFN5O5S/c1-3-34-22(32)17-15(9-29-6-7-33-10-16(29)21(30)31)27-20(19(26)35-11(2)25)28-18(17)13-5-4-12(24)8-14(13)23/h4-5,8,16,18,25-26H,3,6-7,9-10H2,1-2H3,(H,27,28)(H,30,31). The molecule has 1 aromatic rings. The van der Waals surface area contributed by atoms with Gasteiger partial charge >= 0.3 is 11.9 Å². The Morgan fingerprint density at radius 3 is 2.80 bits per heavy atom. The fraction of sp³-hybridized carbons (Fsp3) is 0.409. The maximum Gasteiger partial charge on any atom is 0.338 e. The SMILES string of the molecule is CCOC(=O)C1=C(CN2CCOCC2C(=O)O)NC(C(=N)SC(C)=N)=NC1c1ccc(F)cc1Br. The minimum atomic E-state index is -1.06. The van der Waals surface area contributed by atoms with Gasteiger partial charge in [-0.1, -0.05) is 33.8 Å². The van der Waals surface area contributed by atoms with Crippen LogP contribution in [0.5, 0.6) is 0 Å². The van der Waals surface area contributed by atoms with Gasteiger partial charge in [0.2, 0.25) is 0 Å². The lowest BCUT2D eigenvalue weighted by Crippen LogP contribution is -2.52. The Kier molecular flexibility index (Phi) is 9.16. The van der Waals surface area contributed by atoms with E-state index in [1.165, 1.54) is 25.1 Å². The maximum absolute atomic E-state index is 13.8. The number of nitrogens with one attached hydrogen (secondary N) is 3. The van der Waals surface area contributed by atoms with E-state index in [2.05, 4.69) is 26.2 Å². The van der Waals surface area contributed by atoms with Gasteiger partial charge in [0.05, 0.1) is 30.4 Å². The molecular formula is C22H25BrFN5O5S. The molecule has 13 heteroatoms. The zero-order valence-electron chi connectivity index (χ0n) is 19.1. The van der Waals surface area contributed by atoms with E-state index in [1.54, 1.807) is 11.8 Å². The molecule has 0 aliphatic carbocycles. The summed E-state index contributed by atoms with van der Waals surface area (Å²) in [4.78, 5) is 31.2. The second-order valence-electron chi connectivity index (χ2n) is 7.67. The fourth-order valence-corrected chi connectivity index (χ4v) is 4.77. The van der Waals surface area contributed by atoms with Crippen LogP contribution in [0.4, 0.5) is 4.39 Å². The van der Waals surface area contributed by atoms with Crippen molar-refractivity contribution >= 4 is 55.6 Å². The van der Waals surface area contributed by atoms with Crippen LogP contribution in [0, 0.1) is 16.6 Å². The molecule has 1 fully saturated rings. The number of carboxylic acids is 1. The third kappa shape index (κ3) is 6.54. The van der Waals surface area contributed by atoms with Crippen molar-refractivity contribution in [3.63, 3.8) is 0 Å². The molecule has 3 rings (SSSR count). The van der Waals surface area contributed by atoms with Gasteiger partial charge in [-0.05, 0) is 31.5 Å². The molecule has 0 bridgehead atoms. The Balaban J connectivity index is 2.14. The first-order valence-electron chi connectivity index (χ1n) is 10.7. The van der Waals surface area contributed by atoms with Crippen molar-refractivity contribution in [3.8, 4) is 0 Å². The Morgan fingerprint density at radius 1 is 1.43 bits per heavy atom. The number of thioether (sulfide) groups is 1. The van der Waals surface area contributed by atoms with Crippen molar-refractivity contribution < 1.29 is 28.6 Å². The van der Waals surface area contributed by atoms with Crippen molar-refractivity contribution in [1.29, 1.82) is 10.8 Å². The Labute approximate surface area is 214 Å². The number of hydrogen-bond acceptors (Lipinski definition) is 10. The number of aliphatic imine (C=N–C) groups is 1. The molecule has 10 nitrogen and oxygen atoms in total. The first kappa shape index (κ1) is 27.0. The molecule has 188 valence electrons. The number of hydrogen-bond donors (Lipinski definition) is 4. The molecule has 2 aliphatic heterocycles. The summed E-state index contributed by atoms with van der Waals surface area (Å²) in [6.07, 6.45) is 0. The van der Waals surface area contributed by atoms with Crippen LogP contribution in [-0.4, -0.2) is 76.8 Å². The molecule has 1 saturated heterocycles. The van der Waals surface area contributed by atoms with Crippen molar-refractivity contribution in [2.45, 2.75) is 25.9 Å². The largest absolute Gasteiger partial charge is 0.480 e. The number of esters is 1. The van der Waals surface area contributed by atoms with Crippen molar-refractivity contribution in [2.24, 2.45) is 4.99 Å². The van der Waals surface area contributed by atoms with Gasteiger partial charge in [-0.2, -0.15) is 0 Å².